The number of thiocarbonyl (C=S) groups is 1. The first-order chi connectivity index (χ1) is 12.1. The molecule has 0 aliphatic carbocycles. The van der Waals surface area contributed by atoms with Crippen molar-refractivity contribution in [2.24, 2.45) is 5.92 Å². The maximum Gasteiger partial charge on any atom is 0.250 e. The highest BCUT2D eigenvalue weighted by Gasteiger charge is 2.38. The second-order valence-corrected chi connectivity index (χ2v) is 9.48. The standard InChI is InChI=1S/C16H19Cl3N4O2S/c1-9(24)20-14(16(17,18)19)21-15(26)22-6-10-5-11(8-22)12-3-2-4-13(25)23(12)7-10/h2-4,10-11,14H,5-8H2,1H3,(H,20,24)(H,21,26)/t10-,11+,14+/m0/s1. The predicted octanol–water partition coefficient (Wildman–Crippen LogP) is 1.97. The lowest BCUT2D eigenvalue weighted by atomic mass is 9.83. The number of fused-ring (bicyclic) bond motifs is 4. The van der Waals surface area contributed by atoms with Gasteiger partial charge < -0.3 is 20.1 Å². The minimum atomic E-state index is -1.75. The molecule has 2 N–H and O–H groups in total. The van der Waals surface area contributed by atoms with Crippen molar-refractivity contribution in [2.75, 3.05) is 13.1 Å². The molecule has 2 aliphatic rings. The molecule has 26 heavy (non-hydrogen) atoms. The minimum Gasteiger partial charge on any atom is -0.348 e. The molecule has 142 valence electrons. The molecule has 3 rings (SSSR count). The fourth-order valence-corrected chi connectivity index (χ4v) is 4.27. The molecule has 1 amide bonds. The Morgan fingerprint density at radius 3 is 2.65 bits per heavy atom. The Morgan fingerprint density at radius 1 is 1.27 bits per heavy atom. The van der Waals surface area contributed by atoms with Crippen LogP contribution in [0.1, 0.15) is 25.0 Å². The number of rotatable bonds is 2. The molecule has 1 fully saturated rings. The summed E-state index contributed by atoms with van der Waals surface area (Å²) in [7, 11) is 0. The van der Waals surface area contributed by atoms with Gasteiger partial charge in [-0.05, 0) is 30.6 Å². The number of nitrogens with zero attached hydrogens (tertiary/aromatic N) is 2. The molecule has 10 heteroatoms. The van der Waals surface area contributed by atoms with Gasteiger partial charge in [-0.3, -0.25) is 9.59 Å². The zero-order valence-corrected chi connectivity index (χ0v) is 17.1. The molecule has 1 aromatic heterocycles. The van der Waals surface area contributed by atoms with Gasteiger partial charge in [-0.15, -0.1) is 0 Å². The Labute approximate surface area is 171 Å². The summed E-state index contributed by atoms with van der Waals surface area (Å²) in [6.45, 7) is 3.38. The van der Waals surface area contributed by atoms with Crippen LogP contribution < -0.4 is 16.2 Å². The first-order valence-electron chi connectivity index (χ1n) is 8.24. The number of pyridine rings is 1. The summed E-state index contributed by atoms with van der Waals surface area (Å²) in [5, 5.41) is 5.91. The molecule has 0 unspecified atom stereocenters. The largest absolute Gasteiger partial charge is 0.348 e. The zero-order chi connectivity index (χ0) is 19.1. The van der Waals surface area contributed by atoms with Crippen molar-refractivity contribution in [1.82, 2.24) is 20.1 Å². The molecule has 3 heterocycles. The lowest BCUT2D eigenvalue weighted by molar-refractivity contribution is -0.119. The van der Waals surface area contributed by atoms with Crippen molar-refractivity contribution in [1.29, 1.82) is 0 Å². The molecule has 1 saturated heterocycles. The number of amides is 1. The Hall–Kier alpha value is -1.02. The maximum absolute atomic E-state index is 12.1. The first-order valence-corrected chi connectivity index (χ1v) is 9.78. The molecule has 0 aromatic carbocycles. The number of alkyl halides is 3. The van der Waals surface area contributed by atoms with Crippen LogP contribution in [0.15, 0.2) is 23.0 Å². The number of hydrogen-bond donors (Lipinski definition) is 2. The van der Waals surface area contributed by atoms with Crippen LogP contribution in [0.2, 0.25) is 0 Å². The second kappa shape index (κ2) is 7.54. The van der Waals surface area contributed by atoms with Crippen LogP contribution in [-0.2, 0) is 11.3 Å². The van der Waals surface area contributed by atoms with Crippen molar-refractivity contribution in [3.8, 4) is 0 Å². The van der Waals surface area contributed by atoms with Gasteiger partial charge in [-0.1, -0.05) is 40.9 Å². The topological polar surface area (TPSA) is 66.4 Å². The van der Waals surface area contributed by atoms with Crippen LogP contribution >= 0.6 is 47.0 Å². The van der Waals surface area contributed by atoms with Crippen molar-refractivity contribution < 1.29 is 4.79 Å². The van der Waals surface area contributed by atoms with E-state index in [0.717, 1.165) is 12.1 Å². The summed E-state index contributed by atoms with van der Waals surface area (Å²) in [5.41, 5.74) is 1.06. The van der Waals surface area contributed by atoms with Gasteiger partial charge in [0.15, 0.2) is 5.11 Å². The number of carbonyl (C=O) groups excluding carboxylic acids is 1. The van der Waals surface area contributed by atoms with E-state index in [1.54, 1.807) is 12.1 Å². The first kappa shape index (κ1) is 19.7. The average Bonchev–Trinajstić information content (AvgIpc) is 2.54. The molecule has 6 nitrogen and oxygen atoms in total. The number of likely N-dealkylation sites (tertiary alicyclic amines) is 1. The van der Waals surface area contributed by atoms with Gasteiger partial charge >= 0.3 is 0 Å². The average molecular weight is 438 g/mol. The Kier molecular flexibility index (Phi) is 5.72. The van der Waals surface area contributed by atoms with Crippen LogP contribution in [0.5, 0.6) is 0 Å². The summed E-state index contributed by atoms with van der Waals surface area (Å²) in [6, 6.07) is 5.37. The second-order valence-electron chi connectivity index (χ2n) is 6.73. The summed E-state index contributed by atoms with van der Waals surface area (Å²) >= 11 is 23.3. The number of halogens is 3. The van der Waals surface area contributed by atoms with E-state index < -0.39 is 9.96 Å². The lowest BCUT2D eigenvalue weighted by Gasteiger charge is -2.44. The summed E-state index contributed by atoms with van der Waals surface area (Å²) < 4.78 is 0.107. The van der Waals surface area contributed by atoms with Gasteiger partial charge in [0, 0.05) is 44.2 Å². The van der Waals surface area contributed by atoms with E-state index in [2.05, 4.69) is 10.6 Å². The number of nitrogens with one attached hydrogen (secondary N) is 2. The normalized spacial score (nSPS) is 23.0. The van der Waals surface area contributed by atoms with Gasteiger partial charge in [-0.2, -0.15) is 0 Å². The van der Waals surface area contributed by atoms with E-state index in [1.807, 2.05) is 15.5 Å². The molecule has 0 saturated carbocycles. The highest BCUT2D eigenvalue weighted by molar-refractivity contribution is 7.80. The Morgan fingerprint density at radius 2 is 2.00 bits per heavy atom. The third-order valence-electron chi connectivity index (χ3n) is 4.71. The maximum atomic E-state index is 12.1. The summed E-state index contributed by atoms with van der Waals surface area (Å²) in [5.74, 6) is 0.191. The summed E-state index contributed by atoms with van der Waals surface area (Å²) in [6.07, 6.45) is 0.0801. The van der Waals surface area contributed by atoms with Crippen molar-refractivity contribution in [3.05, 3.63) is 34.2 Å². The van der Waals surface area contributed by atoms with Gasteiger partial charge in [0.05, 0.1) is 0 Å². The molecule has 3 atom stereocenters. The monoisotopic (exact) mass is 436 g/mol. The van der Waals surface area contributed by atoms with Crippen LogP contribution in [0, 0.1) is 5.92 Å². The van der Waals surface area contributed by atoms with Crippen LogP contribution in [0.25, 0.3) is 0 Å². The SMILES string of the molecule is CC(=O)N[C@H](NC(=S)N1C[C@@H]2C[C@H](C1)c1cccc(=O)n1C2)C(Cl)(Cl)Cl. The Bertz CT molecular complexity index is 779. The van der Waals surface area contributed by atoms with Gasteiger partial charge in [0.25, 0.3) is 5.56 Å². The molecule has 1 aromatic rings. The Balaban J connectivity index is 1.74. The van der Waals surface area contributed by atoms with Crippen LogP contribution in [-0.4, -0.2) is 43.5 Å². The minimum absolute atomic E-state index is 0.0354. The van der Waals surface area contributed by atoms with E-state index in [9.17, 15) is 9.59 Å². The summed E-state index contributed by atoms with van der Waals surface area (Å²) in [4.78, 5) is 25.5. The fourth-order valence-electron chi connectivity index (χ4n) is 3.68. The molecular formula is C16H19Cl3N4O2S. The highest BCUT2D eigenvalue weighted by Crippen LogP contribution is 2.35. The van der Waals surface area contributed by atoms with E-state index in [1.165, 1.54) is 6.92 Å². The van der Waals surface area contributed by atoms with E-state index >= 15 is 0 Å². The van der Waals surface area contributed by atoms with Crippen LogP contribution in [0.4, 0.5) is 0 Å². The van der Waals surface area contributed by atoms with E-state index in [-0.39, 0.29) is 17.4 Å². The molecule has 0 radical (unpaired) electrons. The number of aromatic nitrogens is 1. The van der Waals surface area contributed by atoms with E-state index in [0.29, 0.717) is 30.7 Å². The van der Waals surface area contributed by atoms with E-state index in [4.69, 9.17) is 47.0 Å². The van der Waals surface area contributed by atoms with Crippen molar-refractivity contribution in [2.45, 2.75) is 35.8 Å². The van der Waals surface area contributed by atoms with Crippen LogP contribution in [0.3, 0.4) is 0 Å². The highest BCUT2D eigenvalue weighted by atomic mass is 35.6. The molecule has 0 spiro atoms. The van der Waals surface area contributed by atoms with Gasteiger partial charge in [0.1, 0.15) is 6.17 Å². The fraction of sp³-hybridized carbons (Fsp3) is 0.562. The van der Waals surface area contributed by atoms with Crippen molar-refractivity contribution >= 4 is 58.0 Å². The number of hydrogen-bond acceptors (Lipinski definition) is 3. The third-order valence-corrected chi connectivity index (χ3v) is 5.74. The molecule has 2 bridgehead atoms. The molecular weight excluding hydrogens is 419 g/mol. The molecule has 2 aliphatic heterocycles. The number of piperidine rings is 1. The third kappa shape index (κ3) is 4.27. The number of carbonyl (C=O) groups is 1. The van der Waals surface area contributed by atoms with Crippen molar-refractivity contribution in [3.63, 3.8) is 0 Å². The van der Waals surface area contributed by atoms with Gasteiger partial charge in [-0.25, -0.2) is 0 Å². The zero-order valence-electron chi connectivity index (χ0n) is 14.0. The quantitative estimate of drug-likeness (QED) is 0.421. The predicted molar refractivity (Wildman–Crippen MR) is 107 cm³/mol. The van der Waals surface area contributed by atoms with Gasteiger partial charge in [0.2, 0.25) is 9.70 Å². The lowest BCUT2D eigenvalue weighted by Crippen LogP contribution is -2.59. The smallest absolute Gasteiger partial charge is 0.250 e.